The number of rotatable bonds is 5. The van der Waals surface area contributed by atoms with Gasteiger partial charge in [0.05, 0.1) is 7.11 Å². The maximum Gasteiger partial charge on any atom is 0.119 e. The van der Waals surface area contributed by atoms with Crippen molar-refractivity contribution in [2.45, 2.75) is 4.90 Å². The minimum Gasteiger partial charge on any atom is -0.497 e. The molecule has 16 heavy (non-hydrogen) atoms. The first kappa shape index (κ1) is 15.3. The number of halogens is 2. The van der Waals surface area contributed by atoms with Gasteiger partial charge in [-0.1, -0.05) is 6.07 Å². The standard InChI is InChI=1S/C11H14FNOS.ClH/c1-14-10-3-2-4-11(7-10)15-6-5-9(12)8-13;/h2-5,7H,6,8,13H2,1H3;1H/b9-5+;. The lowest BCUT2D eigenvalue weighted by Gasteiger charge is -2.02. The van der Waals surface area contributed by atoms with E-state index in [1.165, 1.54) is 6.08 Å². The third-order valence-electron chi connectivity index (χ3n) is 1.79. The molecule has 0 heterocycles. The molecule has 5 heteroatoms. The largest absolute Gasteiger partial charge is 0.497 e. The summed E-state index contributed by atoms with van der Waals surface area (Å²) in [4.78, 5) is 1.05. The van der Waals surface area contributed by atoms with E-state index in [4.69, 9.17) is 10.5 Å². The van der Waals surface area contributed by atoms with Crippen LogP contribution in [0.25, 0.3) is 0 Å². The van der Waals surface area contributed by atoms with Crippen molar-refractivity contribution < 1.29 is 9.13 Å². The van der Waals surface area contributed by atoms with Crippen LogP contribution < -0.4 is 10.5 Å². The summed E-state index contributed by atoms with van der Waals surface area (Å²) in [7, 11) is 1.62. The minimum atomic E-state index is -0.273. The molecule has 90 valence electrons. The number of nitrogens with two attached hydrogens (primary N) is 1. The van der Waals surface area contributed by atoms with Crippen molar-refractivity contribution in [1.29, 1.82) is 0 Å². The highest BCUT2D eigenvalue weighted by atomic mass is 35.5. The summed E-state index contributed by atoms with van der Waals surface area (Å²) >= 11 is 1.54. The Morgan fingerprint density at radius 3 is 2.94 bits per heavy atom. The van der Waals surface area contributed by atoms with Crippen LogP contribution in [0.5, 0.6) is 5.75 Å². The summed E-state index contributed by atoms with van der Waals surface area (Å²) in [5.41, 5.74) is 5.12. The van der Waals surface area contributed by atoms with Crippen molar-refractivity contribution in [3.63, 3.8) is 0 Å². The molecule has 1 aromatic carbocycles. The van der Waals surface area contributed by atoms with Crippen LogP contribution in [0.1, 0.15) is 0 Å². The number of hydrogen-bond donors (Lipinski definition) is 1. The Morgan fingerprint density at radius 1 is 1.56 bits per heavy atom. The van der Waals surface area contributed by atoms with E-state index in [1.54, 1.807) is 18.9 Å². The molecule has 0 bridgehead atoms. The zero-order valence-electron chi connectivity index (χ0n) is 8.98. The Morgan fingerprint density at radius 2 is 2.31 bits per heavy atom. The lowest BCUT2D eigenvalue weighted by molar-refractivity contribution is 0.413. The molecule has 0 aliphatic rings. The predicted octanol–water partition coefficient (Wildman–Crippen LogP) is 3.02. The second kappa shape index (κ2) is 8.44. The molecule has 0 unspecified atom stereocenters. The fourth-order valence-electron chi connectivity index (χ4n) is 1.00. The lowest BCUT2D eigenvalue weighted by atomic mass is 10.3. The first-order chi connectivity index (χ1) is 7.26. The molecule has 0 aromatic heterocycles. The van der Waals surface area contributed by atoms with Crippen molar-refractivity contribution >= 4 is 24.2 Å². The Labute approximate surface area is 105 Å². The van der Waals surface area contributed by atoms with Gasteiger partial charge in [-0.15, -0.1) is 24.2 Å². The number of ether oxygens (including phenoxy) is 1. The molecular weight excluding hydrogens is 249 g/mol. The van der Waals surface area contributed by atoms with Crippen LogP contribution in [0.4, 0.5) is 4.39 Å². The topological polar surface area (TPSA) is 35.2 Å². The van der Waals surface area contributed by atoms with Gasteiger partial charge in [0.15, 0.2) is 0 Å². The van der Waals surface area contributed by atoms with Crippen molar-refractivity contribution in [2.24, 2.45) is 5.73 Å². The van der Waals surface area contributed by atoms with E-state index in [-0.39, 0.29) is 24.8 Å². The lowest BCUT2D eigenvalue weighted by Crippen LogP contribution is -1.98. The van der Waals surface area contributed by atoms with E-state index in [9.17, 15) is 4.39 Å². The van der Waals surface area contributed by atoms with Crippen molar-refractivity contribution in [2.75, 3.05) is 19.4 Å². The highest BCUT2D eigenvalue weighted by Gasteiger charge is 1.96. The average molecular weight is 264 g/mol. The zero-order chi connectivity index (χ0) is 11.1. The third kappa shape index (κ3) is 5.39. The number of thioether (sulfide) groups is 1. The van der Waals surface area contributed by atoms with Crippen LogP contribution in [-0.2, 0) is 0 Å². The molecule has 0 fully saturated rings. The summed E-state index contributed by atoms with van der Waals surface area (Å²) in [6, 6.07) is 7.66. The normalized spacial score (nSPS) is 10.8. The van der Waals surface area contributed by atoms with E-state index in [2.05, 4.69) is 0 Å². The van der Waals surface area contributed by atoms with E-state index < -0.39 is 0 Å². The van der Waals surface area contributed by atoms with Crippen LogP contribution >= 0.6 is 24.2 Å². The maximum absolute atomic E-state index is 12.7. The molecule has 0 aliphatic carbocycles. The van der Waals surface area contributed by atoms with Gasteiger partial charge in [-0.2, -0.15) is 0 Å². The summed E-state index contributed by atoms with van der Waals surface area (Å²) < 4.78 is 17.8. The third-order valence-corrected chi connectivity index (χ3v) is 2.71. The van der Waals surface area contributed by atoms with Gasteiger partial charge in [-0.3, -0.25) is 0 Å². The average Bonchev–Trinajstić information content (AvgIpc) is 2.29. The van der Waals surface area contributed by atoms with E-state index >= 15 is 0 Å². The second-order valence-corrected chi connectivity index (χ2v) is 3.94. The van der Waals surface area contributed by atoms with Crippen LogP contribution in [0.2, 0.25) is 0 Å². The maximum atomic E-state index is 12.7. The van der Waals surface area contributed by atoms with Crippen molar-refractivity contribution in [3.8, 4) is 5.75 Å². The van der Waals surface area contributed by atoms with Crippen LogP contribution in [0, 0.1) is 0 Å². The molecule has 0 spiro atoms. The van der Waals surface area contributed by atoms with E-state index in [1.807, 2.05) is 24.3 Å². The van der Waals surface area contributed by atoms with Gasteiger partial charge in [0.25, 0.3) is 0 Å². The van der Waals surface area contributed by atoms with Gasteiger partial charge < -0.3 is 10.5 Å². The molecule has 0 amide bonds. The van der Waals surface area contributed by atoms with Crippen LogP contribution in [0.3, 0.4) is 0 Å². The Balaban J connectivity index is 0.00000225. The number of methoxy groups -OCH3 is 1. The predicted molar refractivity (Wildman–Crippen MR) is 69.2 cm³/mol. The summed E-state index contributed by atoms with van der Waals surface area (Å²) in [5.74, 6) is 1.12. The van der Waals surface area contributed by atoms with Crippen molar-refractivity contribution in [3.05, 3.63) is 36.2 Å². The molecule has 2 N–H and O–H groups in total. The van der Waals surface area contributed by atoms with Gasteiger partial charge in [0, 0.05) is 17.2 Å². The molecule has 0 saturated heterocycles. The number of hydrogen-bond acceptors (Lipinski definition) is 3. The quantitative estimate of drug-likeness (QED) is 0.830. The smallest absolute Gasteiger partial charge is 0.119 e. The Kier molecular flexibility index (Phi) is 8.07. The molecular formula is C11H15ClFNOS. The SMILES string of the molecule is COc1cccc(SC/C=C(/F)CN)c1.Cl. The molecule has 0 atom stereocenters. The van der Waals surface area contributed by atoms with Gasteiger partial charge in [0.1, 0.15) is 11.6 Å². The summed E-state index contributed by atoms with van der Waals surface area (Å²) in [5, 5.41) is 0. The first-order valence-corrected chi connectivity index (χ1v) is 5.56. The van der Waals surface area contributed by atoms with E-state index in [0.29, 0.717) is 5.75 Å². The van der Waals surface area contributed by atoms with Gasteiger partial charge in [-0.25, -0.2) is 4.39 Å². The molecule has 2 nitrogen and oxygen atoms in total. The van der Waals surface area contributed by atoms with Gasteiger partial charge in [0.2, 0.25) is 0 Å². The molecule has 0 saturated carbocycles. The monoisotopic (exact) mass is 263 g/mol. The molecule has 0 radical (unpaired) electrons. The Bertz CT molecular complexity index is 347. The van der Waals surface area contributed by atoms with E-state index in [0.717, 1.165) is 10.6 Å². The van der Waals surface area contributed by atoms with Crippen molar-refractivity contribution in [1.82, 2.24) is 0 Å². The molecule has 1 rings (SSSR count). The highest BCUT2D eigenvalue weighted by molar-refractivity contribution is 7.99. The molecule has 0 aliphatic heterocycles. The highest BCUT2D eigenvalue weighted by Crippen LogP contribution is 2.22. The second-order valence-electron chi connectivity index (χ2n) is 2.85. The summed E-state index contributed by atoms with van der Waals surface area (Å²) in [6.45, 7) is -0.0291. The number of benzene rings is 1. The summed E-state index contributed by atoms with van der Waals surface area (Å²) in [6.07, 6.45) is 1.49. The zero-order valence-corrected chi connectivity index (χ0v) is 10.6. The minimum absolute atomic E-state index is 0. The first-order valence-electron chi connectivity index (χ1n) is 4.57. The fourth-order valence-corrected chi connectivity index (χ4v) is 1.83. The Hall–Kier alpha value is -0.710. The van der Waals surface area contributed by atoms with Crippen LogP contribution in [-0.4, -0.2) is 19.4 Å². The fraction of sp³-hybridized carbons (Fsp3) is 0.273. The van der Waals surface area contributed by atoms with Crippen LogP contribution in [0.15, 0.2) is 41.1 Å². The van der Waals surface area contributed by atoms with Gasteiger partial charge >= 0.3 is 0 Å². The van der Waals surface area contributed by atoms with Gasteiger partial charge in [-0.05, 0) is 24.3 Å². The molecule has 1 aromatic rings.